The quantitative estimate of drug-likeness (QED) is 0.290. The van der Waals surface area contributed by atoms with Gasteiger partial charge >= 0.3 is 6.09 Å². The van der Waals surface area contributed by atoms with Crippen molar-refractivity contribution in [3.05, 3.63) is 70.9 Å². The molecule has 1 saturated heterocycles. The van der Waals surface area contributed by atoms with Crippen molar-refractivity contribution in [1.29, 1.82) is 0 Å². The molecule has 1 unspecified atom stereocenters. The number of rotatable bonds is 7. The van der Waals surface area contributed by atoms with E-state index in [1.807, 2.05) is 38.7 Å². The molecule has 0 saturated carbocycles. The molecule has 1 atom stereocenters. The van der Waals surface area contributed by atoms with Crippen molar-refractivity contribution in [1.82, 2.24) is 19.8 Å². The van der Waals surface area contributed by atoms with Crippen LogP contribution in [0.5, 0.6) is 0 Å². The van der Waals surface area contributed by atoms with Crippen molar-refractivity contribution >= 4 is 24.0 Å². The number of ether oxygens (including phenoxy) is 1. The van der Waals surface area contributed by atoms with Gasteiger partial charge in [0.1, 0.15) is 5.60 Å². The van der Waals surface area contributed by atoms with Gasteiger partial charge in [0.2, 0.25) is 5.95 Å². The van der Waals surface area contributed by atoms with Gasteiger partial charge in [0.05, 0.1) is 5.69 Å². The van der Waals surface area contributed by atoms with E-state index >= 15 is 0 Å². The summed E-state index contributed by atoms with van der Waals surface area (Å²) in [6, 6.07) is 17.2. The number of benzene rings is 2. The zero-order valence-corrected chi connectivity index (χ0v) is 26.6. The van der Waals surface area contributed by atoms with E-state index in [1.165, 1.54) is 28.6 Å². The van der Waals surface area contributed by atoms with Gasteiger partial charge in [-0.1, -0.05) is 44.2 Å². The molecule has 1 aromatic heterocycles. The molecule has 0 spiro atoms. The monoisotopic (exact) mass is 575 g/mol. The molecule has 1 aliphatic rings. The van der Waals surface area contributed by atoms with Gasteiger partial charge in [-0.2, -0.15) is 0 Å². The number of aromatic nitrogens is 2. The zero-order valence-electron chi connectivity index (χ0n) is 25.8. The summed E-state index contributed by atoms with van der Waals surface area (Å²) in [6.07, 6.45) is 0.708. The molecule has 1 aliphatic heterocycles. The predicted molar refractivity (Wildman–Crippen MR) is 169 cm³/mol. The summed E-state index contributed by atoms with van der Waals surface area (Å²) in [5, 5.41) is 0. The van der Waals surface area contributed by atoms with Crippen LogP contribution in [0, 0.1) is 26.7 Å². The van der Waals surface area contributed by atoms with E-state index in [0.29, 0.717) is 18.4 Å². The topological polar surface area (TPSA) is 70.6 Å². The molecule has 1 amide bonds. The van der Waals surface area contributed by atoms with Crippen molar-refractivity contribution in [2.45, 2.75) is 84.9 Å². The Morgan fingerprint density at radius 2 is 1.76 bits per heavy atom. The normalized spacial score (nSPS) is 16.5. The first-order valence-electron chi connectivity index (χ1n) is 14.6. The lowest BCUT2D eigenvalue weighted by Crippen LogP contribution is -2.46. The molecule has 0 radical (unpaired) electrons. The Balaban J connectivity index is 1.45. The van der Waals surface area contributed by atoms with Crippen LogP contribution in [0.4, 0.5) is 10.7 Å². The van der Waals surface area contributed by atoms with Crippen LogP contribution in [-0.2, 0) is 11.3 Å². The highest BCUT2D eigenvalue weighted by molar-refractivity contribution is 8.00. The van der Waals surface area contributed by atoms with Crippen LogP contribution < -0.4 is 4.72 Å². The van der Waals surface area contributed by atoms with Crippen molar-refractivity contribution in [3.8, 4) is 11.3 Å². The van der Waals surface area contributed by atoms with E-state index in [-0.39, 0.29) is 12.1 Å². The summed E-state index contributed by atoms with van der Waals surface area (Å²) in [7, 11) is 0. The molecule has 1 N–H and O–H groups in total. The first kappa shape index (κ1) is 30.8. The van der Waals surface area contributed by atoms with E-state index in [1.54, 1.807) is 0 Å². The zero-order chi connectivity index (χ0) is 29.7. The molecule has 7 nitrogen and oxygen atoms in total. The molecule has 220 valence electrons. The largest absolute Gasteiger partial charge is 0.444 e. The summed E-state index contributed by atoms with van der Waals surface area (Å²) in [4.78, 5) is 27.9. The highest BCUT2D eigenvalue weighted by Crippen LogP contribution is 2.29. The molecule has 4 rings (SSSR count). The summed E-state index contributed by atoms with van der Waals surface area (Å²) < 4.78 is 9.07. The van der Waals surface area contributed by atoms with E-state index in [4.69, 9.17) is 9.72 Å². The summed E-state index contributed by atoms with van der Waals surface area (Å²) in [5.41, 5.74) is 6.19. The average Bonchev–Trinajstić information content (AvgIpc) is 3.09. The Hall–Kier alpha value is -3.10. The third kappa shape index (κ3) is 8.46. The first-order valence-corrected chi connectivity index (χ1v) is 15.4. The summed E-state index contributed by atoms with van der Waals surface area (Å²) in [6.45, 7) is 19.6. The van der Waals surface area contributed by atoms with Crippen LogP contribution in [0.2, 0.25) is 0 Å². The Morgan fingerprint density at radius 1 is 1.05 bits per heavy atom. The minimum absolute atomic E-state index is 0.214. The highest BCUT2D eigenvalue weighted by Gasteiger charge is 2.31. The number of hydrogen-bond acceptors (Lipinski definition) is 7. The fourth-order valence-corrected chi connectivity index (χ4v) is 6.05. The maximum absolute atomic E-state index is 12.9. The third-order valence-corrected chi connectivity index (χ3v) is 8.08. The number of carbonyl (C=O) groups excluding carboxylic acids is 1. The number of hydrogen-bond donors (Lipinski definition) is 1. The van der Waals surface area contributed by atoms with Gasteiger partial charge in [0.15, 0.2) is 0 Å². The first-order chi connectivity index (χ1) is 19.4. The Kier molecular flexibility index (Phi) is 9.97. The van der Waals surface area contributed by atoms with Gasteiger partial charge < -0.3 is 9.64 Å². The highest BCUT2D eigenvalue weighted by atomic mass is 32.2. The number of aryl methyl sites for hydroxylation is 3. The lowest BCUT2D eigenvalue weighted by Gasteiger charge is -2.35. The molecular formula is C33H45N5O2S. The lowest BCUT2D eigenvalue weighted by molar-refractivity contribution is 0.0211. The Labute approximate surface area is 250 Å². The lowest BCUT2D eigenvalue weighted by atomic mass is 9.99. The minimum Gasteiger partial charge on any atom is -0.444 e. The smallest absolute Gasteiger partial charge is 0.410 e. The SMILES string of the molecule is Cc1cc(-c2c(C)cccc2C)nc(NSc2cccc(CN3CCCN(C(=O)OC(C)(C)C)CC3C(C)C)c2)n1. The third-order valence-electron chi connectivity index (χ3n) is 7.31. The fourth-order valence-electron chi connectivity index (χ4n) is 5.39. The molecule has 1 fully saturated rings. The molecule has 2 aromatic carbocycles. The number of amides is 1. The molecule has 0 aliphatic carbocycles. The number of nitrogens with zero attached hydrogens (tertiary/aromatic N) is 4. The standard InChI is InChI=1S/C33H45N5O2S/c1-22(2)29-21-38(32(39)40-33(6,7)8)17-11-16-37(29)20-26-14-10-15-27(19-26)41-36-31-34-25(5)18-28(35-31)30-23(3)12-9-13-24(30)4/h9-10,12-15,18-19,22,29H,11,16-17,20-21H2,1-8H3,(H,34,35,36). The van der Waals surface area contributed by atoms with Crippen LogP contribution in [0.1, 0.15) is 63.4 Å². The predicted octanol–water partition coefficient (Wildman–Crippen LogP) is 7.66. The van der Waals surface area contributed by atoms with Crippen molar-refractivity contribution in [2.24, 2.45) is 5.92 Å². The molecule has 3 aromatic rings. The number of carbonyl (C=O) groups is 1. The van der Waals surface area contributed by atoms with E-state index in [9.17, 15) is 4.79 Å². The fraction of sp³-hybridized carbons (Fsp3) is 0.485. The van der Waals surface area contributed by atoms with Gasteiger partial charge in [0, 0.05) is 48.4 Å². The average molecular weight is 576 g/mol. The molecule has 8 heteroatoms. The van der Waals surface area contributed by atoms with E-state index in [0.717, 1.165) is 47.9 Å². The van der Waals surface area contributed by atoms with Gasteiger partial charge in [-0.25, -0.2) is 14.8 Å². The summed E-state index contributed by atoms with van der Waals surface area (Å²) >= 11 is 1.53. The van der Waals surface area contributed by atoms with Gasteiger partial charge in [-0.15, -0.1) is 0 Å². The second-order valence-corrected chi connectivity index (χ2v) is 13.3. The maximum atomic E-state index is 12.9. The van der Waals surface area contributed by atoms with E-state index in [2.05, 4.69) is 84.8 Å². The number of nitrogens with one attached hydrogen (secondary N) is 1. The van der Waals surface area contributed by atoms with Crippen LogP contribution in [0.25, 0.3) is 11.3 Å². The Morgan fingerprint density at radius 3 is 2.44 bits per heavy atom. The minimum atomic E-state index is -0.493. The van der Waals surface area contributed by atoms with Crippen LogP contribution in [-0.4, -0.2) is 57.1 Å². The molecular weight excluding hydrogens is 530 g/mol. The van der Waals surface area contributed by atoms with Crippen LogP contribution >= 0.6 is 11.9 Å². The van der Waals surface area contributed by atoms with Crippen molar-refractivity contribution < 1.29 is 9.53 Å². The molecule has 2 heterocycles. The molecule has 0 bridgehead atoms. The summed E-state index contributed by atoms with van der Waals surface area (Å²) in [5.74, 6) is 1.01. The van der Waals surface area contributed by atoms with Gasteiger partial charge in [-0.3, -0.25) is 9.62 Å². The second-order valence-electron chi connectivity index (χ2n) is 12.4. The van der Waals surface area contributed by atoms with Gasteiger partial charge in [-0.05, 0) is 101 Å². The van der Waals surface area contributed by atoms with Gasteiger partial charge in [0.25, 0.3) is 0 Å². The molecule has 41 heavy (non-hydrogen) atoms. The maximum Gasteiger partial charge on any atom is 0.410 e. The second kappa shape index (κ2) is 13.3. The van der Waals surface area contributed by atoms with E-state index < -0.39 is 5.60 Å². The Bertz CT molecular complexity index is 1330. The van der Waals surface area contributed by atoms with Crippen LogP contribution in [0.3, 0.4) is 0 Å². The van der Waals surface area contributed by atoms with Crippen LogP contribution in [0.15, 0.2) is 53.4 Å². The number of anilines is 1. The van der Waals surface area contributed by atoms with Crippen molar-refractivity contribution in [2.75, 3.05) is 24.4 Å². The van der Waals surface area contributed by atoms with Crippen molar-refractivity contribution in [3.63, 3.8) is 0 Å².